The van der Waals surface area contributed by atoms with Gasteiger partial charge < -0.3 is 9.64 Å². The first-order valence-electron chi connectivity index (χ1n) is 9.65. The van der Waals surface area contributed by atoms with Gasteiger partial charge in [0.25, 0.3) is 0 Å². The maximum atomic E-state index is 12.6. The van der Waals surface area contributed by atoms with Crippen LogP contribution in [0.2, 0.25) is 0 Å². The van der Waals surface area contributed by atoms with Crippen LogP contribution in [0.1, 0.15) is 29.2 Å². The second-order valence-electron chi connectivity index (χ2n) is 6.97. The molecule has 2 heterocycles. The number of thioether (sulfide) groups is 1. The summed E-state index contributed by atoms with van der Waals surface area (Å²) in [6.45, 7) is 3.25. The lowest BCUT2D eigenvalue weighted by atomic mass is 10.0. The van der Waals surface area contributed by atoms with Crippen molar-refractivity contribution in [2.24, 2.45) is 5.14 Å². The van der Waals surface area contributed by atoms with Gasteiger partial charge in [0.2, 0.25) is 5.16 Å². The first-order chi connectivity index (χ1) is 14.2. The van der Waals surface area contributed by atoms with E-state index in [4.69, 9.17) is 9.88 Å². The topological polar surface area (TPSA) is 99.2 Å². The van der Waals surface area contributed by atoms with E-state index in [2.05, 4.69) is 32.6 Å². The lowest BCUT2D eigenvalue weighted by molar-refractivity contribution is 0.102. The summed E-state index contributed by atoms with van der Waals surface area (Å²) in [6.07, 6.45) is 6.12. The number of ketones is 1. The smallest absolute Gasteiger partial charge is 0.210 e. The fraction of sp³-hybridized carbons (Fsp3) is 0.474. The molecule has 0 saturated carbocycles. The first-order valence-corrected chi connectivity index (χ1v) is 11.6. The zero-order chi connectivity index (χ0) is 20.1. The molecule has 0 radical (unpaired) electrons. The molecule has 1 aliphatic carbocycles. The van der Waals surface area contributed by atoms with Gasteiger partial charge in [-0.15, -0.1) is 5.10 Å². The fourth-order valence-corrected chi connectivity index (χ4v) is 4.76. The van der Waals surface area contributed by atoms with Gasteiger partial charge in [-0.3, -0.25) is 9.93 Å². The number of rotatable bonds is 7. The van der Waals surface area contributed by atoms with Gasteiger partial charge in [0.1, 0.15) is 0 Å². The number of ether oxygens (including phenoxy) is 1. The maximum Gasteiger partial charge on any atom is 0.210 e. The number of nitrogens with zero attached hydrogens (tertiary/aromatic N) is 5. The summed E-state index contributed by atoms with van der Waals surface area (Å²) >= 11 is 2.74. The second-order valence-corrected chi connectivity index (χ2v) is 8.79. The molecule has 2 aromatic rings. The highest BCUT2D eigenvalue weighted by molar-refractivity contribution is 7.99. The summed E-state index contributed by atoms with van der Waals surface area (Å²) in [4.78, 5) is 14.9. The van der Waals surface area contributed by atoms with Crippen molar-refractivity contribution in [2.45, 2.75) is 29.3 Å². The van der Waals surface area contributed by atoms with Gasteiger partial charge in [-0.25, -0.2) is 4.68 Å². The number of carbonyl (C=O) groups is 1. The number of nitrogens with two attached hydrogens (primary N) is 1. The van der Waals surface area contributed by atoms with Gasteiger partial charge in [0.15, 0.2) is 5.78 Å². The van der Waals surface area contributed by atoms with E-state index in [-0.39, 0.29) is 11.8 Å². The van der Waals surface area contributed by atoms with Crippen molar-refractivity contribution < 1.29 is 9.53 Å². The fourth-order valence-electron chi connectivity index (χ4n) is 3.48. The van der Waals surface area contributed by atoms with Crippen molar-refractivity contribution in [3.63, 3.8) is 0 Å². The molecule has 0 amide bonds. The molecular weight excluding hydrogens is 408 g/mol. The Labute approximate surface area is 178 Å². The molecule has 1 aliphatic heterocycles. The summed E-state index contributed by atoms with van der Waals surface area (Å²) in [7, 11) is 0. The molecule has 0 spiro atoms. The van der Waals surface area contributed by atoms with Crippen molar-refractivity contribution in [3.8, 4) is 0 Å². The van der Waals surface area contributed by atoms with Crippen LogP contribution < -0.4 is 10.0 Å². The summed E-state index contributed by atoms with van der Waals surface area (Å²) < 4.78 is 7.19. The van der Waals surface area contributed by atoms with E-state index in [0.717, 1.165) is 44.8 Å². The van der Waals surface area contributed by atoms with Crippen LogP contribution in [0.5, 0.6) is 0 Å². The zero-order valence-electron chi connectivity index (χ0n) is 16.0. The van der Waals surface area contributed by atoms with Crippen LogP contribution in [-0.2, 0) is 4.74 Å². The van der Waals surface area contributed by atoms with E-state index in [1.165, 1.54) is 23.7 Å². The molecule has 2 unspecified atom stereocenters. The molecule has 2 N–H and O–H groups in total. The predicted molar refractivity (Wildman–Crippen MR) is 115 cm³/mol. The molecule has 1 saturated heterocycles. The third-order valence-electron chi connectivity index (χ3n) is 5.14. The Morgan fingerprint density at radius 2 is 1.97 bits per heavy atom. The number of aromatic nitrogens is 4. The molecule has 8 nitrogen and oxygen atoms in total. The number of carbonyl (C=O) groups excluding carboxylic acids is 1. The number of benzene rings is 1. The van der Waals surface area contributed by atoms with Crippen molar-refractivity contribution in [1.29, 1.82) is 0 Å². The Hall–Kier alpha value is -1.88. The number of tetrazole rings is 1. The van der Waals surface area contributed by atoms with Gasteiger partial charge >= 0.3 is 0 Å². The number of hydrogen-bond acceptors (Lipinski definition) is 9. The lowest BCUT2D eigenvalue weighted by Gasteiger charge is -2.28. The Morgan fingerprint density at radius 1 is 1.17 bits per heavy atom. The molecule has 0 bridgehead atoms. The van der Waals surface area contributed by atoms with E-state index in [9.17, 15) is 4.79 Å². The minimum Gasteiger partial charge on any atom is -0.378 e. The molecule has 1 fully saturated rings. The highest BCUT2D eigenvalue weighted by Gasteiger charge is 2.21. The molecule has 10 heteroatoms. The van der Waals surface area contributed by atoms with Crippen LogP contribution in [0, 0.1) is 0 Å². The van der Waals surface area contributed by atoms with Crippen molar-refractivity contribution in [3.05, 3.63) is 42.0 Å². The van der Waals surface area contributed by atoms with Gasteiger partial charge in [0.05, 0.1) is 25.0 Å². The molecule has 1 aromatic carbocycles. The number of anilines is 1. The third-order valence-corrected chi connectivity index (χ3v) is 6.82. The van der Waals surface area contributed by atoms with Crippen LogP contribution in [0.3, 0.4) is 0 Å². The second kappa shape index (κ2) is 9.75. The minimum absolute atomic E-state index is 0.0665. The minimum atomic E-state index is 0.0665. The number of hydrogen-bond donors (Lipinski definition) is 1. The summed E-state index contributed by atoms with van der Waals surface area (Å²) in [5.41, 5.74) is 1.83. The Balaban J connectivity index is 1.35. The highest BCUT2D eigenvalue weighted by atomic mass is 32.2. The molecular formula is C19H24N6O2S2. The number of Topliss-reactive ketones (excluding diaryl/α,β-unsaturated/α-hetero) is 1. The Morgan fingerprint density at radius 3 is 2.66 bits per heavy atom. The van der Waals surface area contributed by atoms with Gasteiger partial charge in [-0.1, -0.05) is 35.9 Å². The van der Waals surface area contributed by atoms with E-state index in [1.54, 1.807) is 4.68 Å². The van der Waals surface area contributed by atoms with Crippen LogP contribution >= 0.6 is 23.7 Å². The lowest BCUT2D eigenvalue weighted by Crippen LogP contribution is -2.36. The summed E-state index contributed by atoms with van der Waals surface area (Å²) in [6, 6.07) is 7.91. The maximum absolute atomic E-state index is 12.6. The standard InChI is InChI=1S/C19H24N6O2S2/c20-29-17-7-5-16(6-8-17)25-19(21-22-23-25)28-13-18(26)14-1-3-15(4-2-14)24-9-11-27-12-10-24/h1-5,7,16-17H,6,8-13,20H2. The Kier molecular flexibility index (Phi) is 6.86. The van der Waals surface area contributed by atoms with Crippen LogP contribution in [-0.4, -0.2) is 63.3 Å². The zero-order valence-corrected chi connectivity index (χ0v) is 17.6. The summed E-state index contributed by atoms with van der Waals surface area (Å²) in [5, 5.41) is 18.7. The average molecular weight is 433 g/mol. The van der Waals surface area contributed by atoms with Crippen LogP contribution in [0.15, 0.2) is 41.6 Å². The average Bonchev–Trinajstić information content (AvgIpc) is 3.27. The van der Waals surface area contributed by atoms with Crippen LogP contribution in [0.25, 0.3) is 0 Å². The Bertz CT molecular complexity index is 851. The SMILES string of the molecule is NSC1C=CC(n2nnnc2SCC(=O)c2ccc(N3CCOCC3)cc2)CC1. The van der Waals surface area contributed by atoms with Crippen molar-refractivity contribution >= 4 is 35.2 Å². The van der Waals surface area contributed by atoms with Crippen molar-refractivity contribution in [2.75, 3.05) is 37.0 Å². The summed E-state index contributed by atoms with van der Waals surface area (Å²) in [5.74, 6) is 0.367. The van der Waals surface area contributed by atoms with Gasteiger partial charge in [-0.2, -0.15) is 0 Å². The quantitative estimate of drug-likeness (QED) is 0.306. The number of allylic oxidation sites excluding steroid dienone is 1. The molecule has 29 heavy (non-hydrogen) atoms. The molecule has 4 rings (SSSR count). The van der Waals surface area contributed by atoms with E-state index in [0.29, 0.717) is 21.7 Å². The molecule has 154 valence electrons. The molecule has 1 aromatic heterocycles. The van der Waals surface area contributed by atoms with Gasteiger partial charge in [-0.05, 0) is 47.5 Å². The van der Waals surface area contributed by atoms with Crippen molar-refractivity contribution in [1.82, 2.24) is 20.2 Å². The molecule has 2 atom stereocenters. The largest absolute Gasteiger partial charge is 0.378 e. The normalized spacial score (nSPS) is 22.0. The van der Waals surface area contributed by atoms with Crippen LogP contribution in [0.4, 0.5) is 5.69 Å². The first kappa shape index (κ1) is 20.4. The van der Waals surface area contributed by atoms with E-state index in [1.807, 2.05) is 24.3 Å². The van der Waals surface area contributed by atoms with Gasteiger partial charge in [0, 0.05) is 29.6 Å². The number of morpholine rings is 1. The predicted octanol–water partition coefficient (Wildman–Crippen LogP) is 2.35. The highest BCUT2D eigenvalue weighted by Crippen LogP contribution is 2.29. The van der Waals surface area contributed by atoms with E-state index < -0.39 is 0 Å². The molecule has 2 aliphatic rings. The monoisotopic (exact) mass is 432 g/mol. The third kappa shape index (κ3) is 5.00. The van der Waals surface area contributed by atoms with E-state index >= 15 is 0 Å².